The van der Waals surface area contributed by atoms with Crippen molar-refractivity contribution in [2.24, 2.45) is 0 Å². The zero-order chi connectivity index (χ0) is 32.0. The first-order chi connectivity index (χ1) is 23.0. The van der Waals surface area contributed by atoms with E-state index in [1.165, 1.54) is 27.8 Å². The molecule has 0 aliphatic heterocycles. The van der Waals surface area contributed by atoms with Crippen molar-refractivity contribution >= 4 is 17.1 Å². The molecule has 0 spiro atoms. The predicted molar refractivity (Wildman–Crippen MR) is 197 cm³/mol. The van der Waals surface area contributed by atoms with Gasteiger partial charge in [-0.05, 0) is 92.5 Å². The molecule has 0 bridgehead atoms. The Morgan fingerprint density at radius 3 is 1.70 bits per heavy atom. The molecule has 8 rings (SSSR count). The average Bonchev–Trinajstić information content (AvgIpc) is 3.36. The van der Waals surface area contributed by atoms with Crippen molar-refractivity contribution in [3.8, 4) is 50.3 Å². The normalized spacial score (nSPS) is 12.7. The fraction of sp³-hybridized carbons (Fsp3) is 0.0667. The fourth-order valence-corrected chi connectivity index (χ4v) is 7.20. The lowest BCUT2D eigenvalue weighted by molar-refractivity contribution is 0.477. The van der Waals surface area contributed by atoms with E-state index in [1.54, 1.807) is 0 Å². The van der Waals surface area contributed by atoms with E-state index in [4.69, 9.17) is 0 Å². The maximum absolute atomic E-state index is 11.4. The van der Waals surface area contributed by atoms with Crippen LogP contribution in [0.4, 0.5) is 17.1 Å². The molecular weight excluding hydrogens is 571 g/mol. The lowest BCUT2D eigenvalue weighted by Crippen LogP contribution is -2.16. The number of nitrogens with zero attached hydrogens (tertiary/aromatic N) is 1. The maximum Gasteiger partial charge on any atom is 0.123 e. The van der Waals surface area contributed by atoms with Crippen molar-refractivity contribution in [1.29, 1.82) is 0 Å². The summed E-state index contributed by atoms with van der Waals surface area (Å²) in [6, 6.07) is 59.5. The average molecular weight is 606 g/mol. The molecule has 0 radical (unpaired) electrons. The van der Waals surface area contributed by atoms with Crippen LogP contribution >= 0.6 is 0 Å². The summed E-state index contributed by atoms with van der Waals surface area (Å²) in [6.07, 6.45) is 0. The Morgan fingerprint density at radius 2 is 0.936 bits per heavy atom. The molecule has 0 atom stereocenters. The van der Waals surface area contributed by atoms with Gasteiger partial charge in [0, 0.05) is 28.0 Å². The van der Waals surface area contributed by atoms with Gasteiger partial charge < -0.3 is 10.0 Å². The van der Waals surface area contributed by atoms with E-state index < -0.39 is 0 Å². The number of hydrogen-bond donors (Lipinski definition) is 1. The molecule has 1 N–H and O–H groups in total. The molecule has 1 aliphatic rings. The number of benzene rings is 7. The molecule has 0 fully saturated rings. The molecule has 0 aromatic heterocycles. The summed E-state index contributed by atoms with van der Waals surface area (Å²) in [7, 11) is 0. The van der Waals surface area contributed by atoms with Crippen LogP contribution in [0.3, 0.4) is 0 Å². The van der Waals surface area contributed by atoms with E-state index in [-0.39, 0.29) is 11.2 Å². The molecule has 0 saturated carbocycles. The van der Waals surface area contributed by atoms with Gasteiger partial charge in [-0.3, -0.25) is 0 Å². The molecule has 0 unspecified atom stereocenters. The zero-order valence-corrected chi connectivity index (χ0v) is 26.6. The zero-order valence-electron chi connectivity index (χ0n) is 26.6. The minimum Gasteiger partial charge on any atom is -0.507 e. The topological polar surface area (TPSA) is 23.5 Å². The highest BCUT2D eigenvalue weighted by atomic mass is 16.3. The molecule has 0 heterocycles. The van der Waals surface area contributed by atoms with Crippen LogP contribution in [-0.4, -0.2) is 5.11 Å². The molecule has 7 aromatic carbocycles. The van der Waals surface area contributed by atoms with E-state index in [0.717, 1.165) is 44.9 Å². The largest absolute Gasteiger partial charge is 0.507 e. The van der Waals surface area contributed by atoms with Gasteiger partial charge in [-0.2, -0.15) is 0 Å². The van der Waals surface area contributed by atoms with Crippen LogP contribution in [0.25, 0.3) is 44.5 Å². The van der Waals surface area contributed by atoms with Crippen LogP contribution in [-0.2, 0) is 5.41 Å². The van der Waals surface area contributed by atoms with Gasteiger partial charge in [-0.15, -0.1) is 0 Å². The lowest BCUT2D eigenvalue weighted by atomic mass is 9.82. The number of fused-ring (bicyclic) bond motifs is 3. The number of rotatable bonds is 6. The first-order valence-electron chi connectivity index (χ1n) is 16.2. The number of anilines is 3. The van der Waals surface area contributed by atoms with Gasteiger partial charge in [0.05, 0.1) is 0 Å². The van der Waals surface area contributed by atoms with Crippen molar-refractivity contribution in [3.63, 3.8) is 0 Å². The highest BCUT2D eigenvalue weighted by Crippen LogP contribution is 2.51. The summed E-state index contributed by atoms with van der Waals surface area (Å²) in [5.41, 5.74) is 14.5. The second kappa shape index (κ2) is 11.5. The molecule has 226 valence electrons. The summed E-state index contributed by atoms with van der Waals surface area (Å²) in [6.45, 7) is 4.64. The number of phenols is 1. The van der Waals surface area contributed by atoms with Gasteiger partial charge in [-0.25, -0.2) is 0 Å². The van der Waals surface area contributed by atoms with Crippen LogP contribution in [0, 0.1) is 0 Å². The molecule has 2 nitrogen and oxygen atoms in total. The SMILES string of the molecule is CC1(C)c2ccccc2-c2ccc(N(c3cccc(-c4ccccc4)c3)c3ccc(O)c(-c4ccccc4-c4ccccc4)c3)cc21. The summed E-state index contributed by atoms with van der Waals surface area (Å²) in [5, 5.41) is 11.4. The van der Waals surface area contributed by atoms with Crippen LogP contribution in [0.15, 0.2) is 170 Å². The van der Waals surface area contributed by atoms with Crippen LogP contribution < -0.4 is 4.90 Å². The van der Waals surface area contributed by atoms with E-state index >= 15 is 0 Å². The van der Waals surface area contributed by atoms with Crippen molar-refractivity contribution in [2.75, 3.05) is 4.90 Å². The smallest absolute Gasteiger partial charge is 0.123 e. The fourth-order valence-electron chi connectivity index (χ4n) is 7.20. The summed E-state index contributed by atoms with van der Waals surface area (Å²) >= 11 is 0. The van der Waals surface area contributed by atoms with E-state index in [0.29, 0.717) is 0 Å². The van der Waals surface area contributed by atoms with Gasteiger partial charge in [0.25, 0.3) is 0 Å². The number of phenolic OH excluding ortho intramolecular Hbond substituents is 1. The minimum atomic E-state index is -0.131. The Kier molecular flexibility index (Phi) is 7.00. The van der Waals surface area contributed by atoms with Crippen molar-refractivity contribution in [1.82, 2.24) is 0 Å². The third kappa shape index (κ3) is 4.99. The van der Waals surface area contributed by atoms with Gasteiger partial charge in [0.2, 0.25) is 0 Å². The van der Waals surface area contributed by atoms with Crippen LogP contribution in [0.2, 0.25) is 0 Å². The van der Waals surface area contributed by atoms with Crippen molar-refractivity contribution in [2.45, 2.75) is 19.3 Å². The summed E-state index contributed by atoms with van der Waals surface area (Å²) in [4.78, 5) is 2.32. The second-order valence-electron chi connectivity index (χ2n) is 12.8. The van der Waals surface area contributed by atoms with Crippen molar-refractivity contribution in [3.05, 3.63) is 181 Å². The highest BCUT2D eigenvalue weighted by Gasteiger charge is 2.35. The second-order valence-corrected chi connectivity index (χ2v) is 12.8. The Hall–Kier alpha value is -5.86. The molecule has 7 aromatic rings. The Balaban J connectivity index is 1.32. The van der Waals surface area contributed by atoms with E-state index in [9.17, 15) is 5.11 Å². The van der Waals surface area contributed by atoms with Gasteiger partial charge in [0.15, 0.2) is 0 Å². The lowest BCUT2D eigenvalue weighted by Gasteiger charge is -2.29. The third-order valence-corrected chi connectivity index (χ3v) is 9.58. The Bertz CT molecular complexity index is 2230. The summed E-state index contributed by atoms with van der Waals surface area (Å²) in [5.74, 6) is 0.251. The first kappa shape index (κ1) is 28.6. The maximum atomic E-state index is 11.4. The van der Waals surface area contributed by atoms with Crippen LogP contribution in [0.5, 0.6) is 5.75 Å². The molecule has 0 saturated heterocycles. The molecule has 1 aliphatic carbocycles. The van der Waals surface area contributed by atoms with E-state index in [2.05, 4.69) is 164 Å². The number of hydrogen-bond acceptors (Lipinski definition) is 2. The predicted octanol–water partition coefficient (Wildman–Crippen LogP) is 12.2. The van der Waals surface area contributed by atoms with Gasteiger partial charge in [-0.1, -0.05) is 141 Å². The third-order valence-electron chi connectivity index (χ3n) is 9.58. The Morgan fingerprint density at radius 1 is 0.383 bits per heavy atom. The first-order valence-corrected chi connectivity index (χ1v) is 16.2. The van der Waals surface area contributed by atoms with E-state index in [1.807, 2.05) is 24.3 Å². The molecule has 2 heteroatoms. The monoisotopic (exact) mass is 605 g/mol. The van der Waals surface area contributed by atoms with Crippen molar-refractivity contribution < 1.29 is 5.11 Å². The minimum absolute atomic E-state index is 0.131. The highest BCUT2D eigenvalue weighted by molar-refractivity contribution is 5.91. The number of aromatic hydroxyl groups is 1. The standard InChI is InChI=1S/C45H35NO/c1-45(2)42-23-12-11-22-39(42)40-26-24-36(30-43(40)45)46(34-19-13-18-33(28-34)31-14-5-3-6-15-31)35-25-27-44(47)41(29-35)38-21-10-9-20-37(38)32-16-7-4-8-17-32/h3-30,47H,1-2H3. The van der Waals surface area contributed by atoms with Gasteiger partial charge in [0.1, 0.15) is 5.75 Å². The molecule has 47 heavy (non-hydrogen) atoms. The quantitative estimate of drug-likeness (QED) is 0.204. The Labute approximate surface area is 276 Å². The summed E-state index contributed by atoms with van der Waals surface area (Å²) < 4.78 is 0. The molecular formula is C45H35NO. The molecule has 0 amide bonds. The van der Waals surface area contributed by atoms with Crippen LogP contribution in [0.1, 0.15) is 25.0 Å². The van der Waals surface area contributed by atoms with Gasteiger partial charge >= 0.3 is 0 Å².